The van der Waals surface area contributed by atoms with Gasteiger partial charge in [0.15, 0.2) is 0 Å². The monoisotopic (exact) mass is 366 g/mol. The van der Waals surface area contributed by atoms with Gasteiger partial charge in [-0.05, 0) is 43.3 Å². The molecule has 1 aliphatic rings. The highest BCUT2D eigenvalue weighted by Crippen LogP contribution is 2.38. The van der Waals surface area contributed by atoms with Crippen LogP contribution in [0.3, 0.4) is 0 Å². The van der Waals surface area contributed by atoms with E-state index >= 15 is 0 Å². The maximum atomic E-state index is 12.9. The Morgan fingerprint density at radius 1 is 1.12 bits per heavy atom. The number of fused-ring (bicyclic) bond motifs is 1. The molecule has 0 radical (unpaired) electrons. The predicted molar refractivity (Wildman–Crippen MR) is 92.5 cm³/mol. The Bertz CT molecular complexity index is 897. The Hall–Kier alpha value is -2.25. The summed E-state index contributed by atoms with van der Waals surface area (Å²) >= 11 is 5.84. The van der Waals surface area contributed by atoms with Crippen LogP contribution < -0.4 is 13.9 Å². The molecule has 0 fully saturated rings. The molecule has 0 spiro atoms. The predicted octanol–water partition coefficient (Wildman–Crippen LogP) is 3.50. The van der Waals surface area contributed by atoms with Crippen LogP contribution in [0.2, 0.25) is 5.02 Å². The van der Waals surface area contributed by atoms with Crippen LogP contribution in [-0.2, 0) is 10.0 Å². The summed E-state index contributed by atoms with van der Waals surface area (Å²) in [4.78, 5) is 14.0. The first-order valence-corrected chi connectivity index (χ1v) is 9.03. The average molecular weight is 367 g/mol. The van der Waals surface area contributed by atoms with E-state index in [0.717, 1.165) is 4.31 Å². The van der Waals surface area contributed by atoms with Crippen LogP contribution >= 0.6 is 11.6 Å². The molecule has 2 aromatic rings. The molecule has 1 aliphatic heterocycles. The van der Waals surface area contributed by atoms with E-state index in [4.69, 9.17) is 16.3 Å². The van der Waals surface area contributed by atoms with Crippen molar-refractivity contribution in [1.82, 2.24) is 0 Å². The topological polar surface area (TPSA) is 66.9 Å². The molecule has 0 bridgehead atoms. The number of halogens is 1. The lowest BCUT2D eigenvalue weighted by Crippen LogP contribution is -2.49. The second-order valence-electron chi connectivity index (χ2n) is 5.15. The normalized spacial score (nSPS) is 16.0. The standard InChI is InChI=1S/C16H15ClN2O4S/c1-3-23-13-8-9-15-14(10-13)18(2)16(20)19(24(15,21)22)12-6-4-11(17)5-7-12/h4-10H,3H2,1-2H3. The number of ether oxygens (including phenoxy) is 1. The van der Waals surface area contributed by atoms with Gasteiger partial charge in [-0.2, -0.15) is 4.31 Å². The summed E-state index contributed by atoms with van der Waals surface area (Å²) in [6, 6.07) is 9.95. The summed E-state index contributed by atoms with van der Waals surface area (Å²) in [5, 5.41) is 0.454. The van der Waals surface area contributed by atoms with E-state index in [1.165, 1.54) is 42.3 Å². The van der Waals surface area contributed by atoms with E-state index in [1.807, 2.05) is 6.92 Å². The number of hydrogen-bond acceptors (Lipinski definition) is 4. The minimum Gasteiger partial charge on any atom is -0.494 e. The average Bonchev–Trinajstić information content (AvgIpc) is 2.55. The van der Waals surface area contributed by atoms with Gasteiger partial charge in [-0.25, -0.2) is 13.2 Å². The van der Waals surface area contributed by atoms with Gasteiger partial charge in [0.05, 0.1) is 18.0 Å². The van der Waals surface area contributed by atoms with Crippen LogP contribution in [0.5, 0.6) is 5.75 Å². The van der Waals surface area contributed by atoms with Crippen LogP contribution in [0, 0.1) is 0 Å². The quantitative estimate of drug-likeness (QED) is 0.833. The lowest BCUT2D eigenvalue weighted by molar-refractivity contribution is 0.255. The Morgan fingerprint density at radius 2 is 1.79 bits per heavy atom. The summed E-state index contributed by atoms with van der Waals surface area (Å²) in [7, 11) is -2.50. The third-order valence-corrected chi connectivity index (χ3v) is 5.64. The van der Waals surface area contributed by atoms with Crippen molar-refractivity contribution in [3.8, 4) is 5.75 Å². The minimum atomic E-state index is -4.02. The van der Waals surface area contributed by atoms with Crippen molar-refractivity contribution in [3.05, 3.63) is 47.5 Å². The van der Waals surface area contributed by atoms with Crippen LogP contribution in [0.4, 0.5) is 16.2 Å². The Morgan fingerprint density at radius 3 is 2.42 bits per heavy atom. The van der Waals surface area contributed by atoms with Gasteiger partial charge < -0.3 is 4.74 Å². The molecule has 0 saturated heterocycles. The molecule has 6 nitrogen and oxygen atoms in total. The summed E-state index contributed by atoms with van der Waals surface area (Å²) in [6.07, 6.45) is 0. The number of urea groups is 1. The first kappa shape index (κ1) is 16.6. The van der Waals surface area contributed by atoms with E-state index in [-0.39, 0.29) is 16.3 Å². The number of sulfonamides is 1. The molecule has 0 aliphatic carbocycles. The number of anilines is 2. The first-order valence-electron chi connectivity index (χ1n) is 7.21. The van der Waals surface area contributed by atoms with Crippen molar-refractivity contribution in [3.63, 3.8) is 0 Å². The number of nitrogens with zero attached hydrogens (tertiary/aromatic N) is 2. The molecule has 24 heavy (non-hydrogen) atoms. The lowest BCUT2D eigenvalue weighted by atomic mass is 10.2. The molecule has 0 atom stereocenters. The zero-order valence-corrected chi connectivity index (χ0v) is 14.6. The first-order chi connectivity index (χ1) is 11.4. The molecule has 3 rings (SSSR count). The fraction of sp³-hybridized carbons (Fsp3) is 0.188. The second kappa shape index (κ2) is 5.99. The minimum absolute atomic E-state index is 0.0444. The summed E-state index contributed by atoms with van der Waals surface area (Å²) in [6.45, 7) is 2.27. The van der Waals surface area contributed by atoms with Gasteiger partial charge >= 0.3 is 6.03 Å². The number of hydrogen-bond donors (Lipinski definition) is 0. The number of amides is 2. The van der Waals surface area contributed by atoms with Crippen LogP contribution in [-0.4, -0.2) is 28.1 Å². The Labute approximate surface area is 145 Å². The molecule has 0 aromatic heterocycles. The molecule has 0 N–H and O–H groups in total. The number of benzene rings is 2. The highest BCUT2D eigenvalue weighted by atomic mass is 35.5. The van der Waals surface area contributed by atoms with Gasteiger partial charge in [0.2, 0.25) is 0 Å². The summed E-state index contributed by atoms with van der Waals surface area (Å²) in [5.41, 5.74) is 0.520. The molecule has 0 unspecified atom stereocenters. The third-order valence-electron chi connectivity index (χ3n) is 3.64. The SMILES string of the molecule is CCOc1ccc2c(c1)N(C)C(=O)N(c1ccc(Cl)cc1)S2(=O)=O. The van der Waals surface area contributed by atoms with Gasteiger partial charge in [0.25, 0.3) is 10.0 Å². The molecular weight excluding hydrogens is 352 g/mol. The lowest BCUT2D eigenvalue weighted by Gasteiger charge is -2.34. The third kappa shape index (κ3) is 2.59. The second-order valence-corrected chi connectivity index (χ2v) is 7.34. The largest absolute Gasteiger partial charge is 0.494 e. The van der Waals surface area contributed by atoms with Crippen LogP contribution in [0.15, 0.2) is 47.4 Å². The maximum absolute atomic E-state index is 12.9. The van der Waals surface area contributed by atoms with Gasteiger partial charge in [-0.1, -0.05) is 11.6 Å². The van der Waals surface area contributed by atoms with Gasteiger partial charge in [0.1, 0.15) is 10.6 Å². The van der Waals surface area contributed by atoms with Crippen molar-refractivity contribution >= 4 is 39.0 Å². The number of carbonyl (C=O) groups is 1. The molecule has 8 heteroatoms. The Balaban J connectivity index is 2.16. The van der Waals surface area contributed by atoms with Gasteiger partial charge in [-0.3, -0.25) is 4.90 Å². The molecule has 2 aromatic carbocycles. The molecule has 126 valence electrons. The fourth-order valence-corrected chi connectivity index (χ4v) is 4.25. The van der Waals surface area contributed by atoms with E-state index < -0.39 is 16.1 Å². The molecule has 2 amide bonds. The summed E-state index contributed by atoms with van der Waals surface area (Å²) < 4.78 is 32.0. The van der Waals surface area contributed by atoms with Crippen molar-refractivity contribution in [2.75, 3.05) is 22.9 Å². The van der Waals surface area contributed by atoms with Crippen molar-refractivity contribution in [2.24, 2.45) is 0 Å². The Kier molecular flexibility index (Phi) is 4.15. The van der Waals surface area contributed by atoms with Gasteiger partial charge in [-0.15, -0.1) is 0 Å². The van der Waals surface area contributed by atoms with Gasteiger partial charge in [0, 0.05) is 18.1 Å². The van der Waals surface area contributed by atoms with Crippen molar-refractivity contribution < 1.29 is 17.9 Å². The van der Waals surface area contributed by atoms with Crippen LogP contribution in [0.1, 0.15) is 6.92 Å². The molecule has 1 heterocycles. The molecular formula is C16H15ClN2O4S. The highest BCUT2D eigenvalue weighted by molar-refractivity contribution is 7.94. The summed E-state index contributed by atoms with van der Waals surface area (Å²) in [5.74, 6) is 0.506. The van der Waals surface area contributed by atoms with Crippen molar-refractivity contribution in [2.45, 2.75) is 11.8 Å². The smallest absolute Gasteiger partial charge is 0.342 e. The maximum Gasteiger partial charge on any atom is 0.342 e. The zero-order chi connectivity index (χ0) is 17.5. The van der Waals surface area contributed by atoms with E-state index in [2.05, 4.69) is 0 Å². The van der Waals surface area contributed by atoms with E-state index in [0.29, 0.717) is 17.4 Å². The number of carbonyl (C=O) groups excluding carboxylic acids is 1. The van der Waals surface area contributed by atoms with E-state index in [1.54, 1.807) is 12.1 Å². The highest BCUT2D eigenvalue weighted by Gasteiger charge is 2.41. The zero-order valence-electron chi connectivity index (χ0n) is 13.1. The number of rotatable bonds is 3. The molecule has 0 saturated carbocycles. The van der Waals surface area contributed by atoms with Crippen LogP contribution in [0.25, 0.3) is 0 Å². The van der Waals surface area contributed by atoms with Crippen molar-refractivity contribution in [1.29, 1.82) is 0 Å². The van der Waals surface area contributed by atoms with E-state index in [9.17, 15) is 13.2 Å². The fourth-order valence-electron chi connectivity index (χ4n) is 2.50.